The highest BCUT2D eigenvalue weighted by Gasteiger charge is 2.10. The van der Waals surface area contributed by atoms with Crippen molar-refractivity contribution in [2.45, 2.75) is 0 Å². The van der Waals surface area contributed by atoms with Gasteiger partial charge in [-0.25, -0.2) is 9.97 Å². The maximum Gasteiger partial charge on any atom is 0.251 e. The fourth-order valence-electron chi connectivity index (χ4n) is 3.17. The smallest absolute Gasteiger partial charge is 0.251 e. The molecule has 2 aromatic carbocycles. The Labute approximate surface area is 185 Å². The molecule has 2 heterocycles. The molecule has 8 nitrogen and oxygen atoms in total. The van der Waals surface area contributed by atoms with Crippen molar-refractivity contribution < 1.29 is 19.0 Å². The first kappa shape index (κ1) is 21.3. The topological polar surface area (TPSA) is 87.5 Å². The Bertz CT molecular complexity index is 1160. The van der Waals surface area contributed by atoms with Crippen LogP contribution in [0.3, 0.4) is 0 Å². The predicted molar refractivity (Wildman–Crippen MR) is 121 cm³/mol. The molecule has 2 aromatic heterocycles. The van der Waals surface area contributed by atoms with Crippen LogP contribution in [0.1, 0.15) is 10.4 Å². The van der Waals surface area contributed by atoms with Crippen molar-refractivity contribution in [3.63, 3.8) is 0 Å². The lowest BCUT2D eigenvalue weighted by atomic mass is 10.2. The van der Waals surface area contributed by atoms with Crippen LogP contribution >= 0.6 is 0 Å². The highest BCUT2D eigenvalue weighted by Crippen LogP contribution is 2.21. The molecule has 0 spiro atoms. The van der Waals surface area contributed by atoms with Crippen LogP contribution < -0.4 is 14.8 Å². The number of rotatable bonds is 10. The molecule has 0 saturated carbocycles. The minimum atomic E-state index is -0.146. The largest absolute Gasteiger partial charge is 0.490 e. The van der Waals surface area contributed by atoms with E-state index >= 15 is 0 Å². The predicted octanol–water partition coefficient (Wildman–Crippen LogP) is 3.25. The SMILES string of the molecule is COCCNC(=O)c1ccc2c(c1)ncn2-c1ccc(OCCOc2ccccn2)cc1. The summed E-state index contributed by atoms with van der Waals surface area (Å²) in [5.74, 6) is 1.18. The van der Waals surface area contributed by atoms with E-state index in [1.54, 1.807) is 37.8 Å². The van der Waals surface area contributed by atoms with Crippen molar-refractivity contribution >= 4 is 16.9 Å². The van der Waals surface area contributed by atoms with Gasteiger partial charge in [0, 0.05) is 37.2 Å². The molecule has 164 valence electrons. The van der Waals surface area contributed by atoms with E-state index in [0.29, 0.717) is 37.8 Å². The van der Waals surface area contributed by atoms with Gasteiger partial charge in [-0.2, -0.15) is 0 Å². The number of methoxy groups -OCH3 is 1. The second-order valence-electron chi connectivity index (χ2n) is 6.93. The van der Waals surface area contributed by atoms with Gasteiger partial charge >= 0.3 is 0 Å². The summed E-state index contributed by atoms with van der Waals surface area (Å²) in [5, 5.41) is 2.81. The Hall–Kier alpha value is -3.91. The number of benzene rings is 2. The summed E-state index contributed by atoms with van der Waals surface area (Å²) >= 11 is 0. The molecule has 4 rings (SSSR count). The Balaban J connectivity index is 1.37. The Kier molecular flexibility index (Phi) is 6.94. The van der Waals surface area contributed by atoms with Gasteiger partial charge in [0.05, 0.1) is 17.6 Å². The van der Waals surface area contributed by atoms with E-state index in [-0.39, 0.29) is 5.91 Å². The molecule has 0 aliphatic heterocycles. The van der Waals surface area contributed by atoms with E-state index in [0.717, 1.165) is 22.5 Å². The van der Waals surface area contributed by atoms with Crippen LogP contribution in [0, 0.1) is 0 Å². The molecule has 0 atom stereocenters. The van der Waals surface area contributed by atoms with Gasteiger partial charge in [-0.15, -0.1) is 0 Å². The number of nitrogens with zero attached hydrogens (tertiary/aromatic N) is 3. The quantitative estimate of drug-likeness (QED) is 0.387. The summed E-state index contributed by atoms with van der Waals surface area (Å²) in [4.78, 5) is 20.8. The Morgan fingerprint density at radius 1 is 0.969 bits per heavy atom. The summed E-state index contributed by atoms with van der Waals surface area (Å²) in [7, 11) is 1.60. The molecule has 0 aliphatic rings. The summed E-state index contributed by atoms with van der Waals surface area (Å²) in [6, 6.07) is 18.7. The average molecular weight is 432 g/mol. The average Bonchev–Trinajstić information content (AvgIpc) is 3.26. The third kappa shape index (κ3) is 5.22. The molecule has 4 aromatic rings. The first-order chi connectivity index (χ1) is 15.7. The van der Waals surface area contributed by atoms with Crippen molar-refractivity contribution in [2.75, 3.05) is 33.5 Å². The van der Waals surface area contributed by atoms with Crippen LogP contribution in [-0.2, 0) is 4.74 Å². The third-order valence-corrected chi connectivity index (χ3v) is 4.76. The number of carbonyl (C=O) groups excluding carboxylic acids is 1. The van der Waals surface area contributed by atoms with E-state index in [4.69, 9.17) is 14.2 Å². The number of hydrogen-bond acceptors (Lipinski definition) is 6. The summed E-state index contributed by atoms with van der Waals surface area (Å²) in [6.07, 6.45) is 3.43. The van der Waals surface area contributed by atoms with E-state index in [9.17, 15) is 4.79 Å². The molecule has 0 bridgehead atoms. The molecule has 0 radical (unpaired) electrons. The number of ether oxygens (including phenoxy) is 3. The van der Waals surface area contributed by atoms with Crippen LogP contribution in [0.4, 0.5) is 0 Å². The Morgan fingerprint density at radius 2 is 1.81 bits per heavy atom. The first-order valence-electron chi connectivity index (χ1n) is 10.3. The number of carbonyl (C=O) groups is 1. The lowest BCUT2D eigenvalue weighted by Gasteiger charge is -2.09. The van der Waals surface area contributed by atoms with Gasteiger partial charge in [-0.05, 0) is 48.5 Å². The van der Waals surface area contributed by atoms with Crippen molar-refractivity contribution in [2.24, 2.45) is 0 Å². The van der Waals surface area contributed by atoms with Crippen LogP contribution in [-0.4, -0.2) is 53.9 Å². The number of hydrogen-bond donors (Lipinski definition) is 1. The van der Waals surface area contributed by atoms with Crippen LogP contribution in [0.5, 0.6) is 11.6 Å². The van der Waals surface area contributed by atoms with E-state index < -0.39 is 0 Å². The number of aromatic nitrogens is 3. The lowest BCUT2D eigenvalue weighted by Crippen LogP contribution is -2.26. The Morgan fingerprint density at radius 3 is 2.59 bits per heavy atom. The zero-order valence-electron chi connectivity index (χ0n) is 17.7. The number of fused-ring (bicyclic) bond motifs is 1. The van der Waals surface area contributed by atoms with Gasteiger partial charge < -0.3 is 19.5 Å². The van der Waals surface area contributed by atoms with Crippen molar-refractivity contribution in [1.82, 2.24) is 19.9 Å². The zero-order valence-corrected chi connectivity index (χ0v) is 17.7. The zero-order chi connectivity index (χ0) is 22.2. The monoisotopic (exact) mass is 432 g/mol. The normalized spacial score (nSPS) is 10.8. The second kappa shape index (κ2) is 10.4. The molecule has 32 heavy (non-hydrogen) atoms. The molecule has 1 amide bonds. The number of pyridine rings is 1. The molecule has 8 heteroatoms. The van der Waals surface area contributed by atoms with Crippen molar-refractivity contribution in [1.29, 1.82) is 0 Å². The van der Waals surface area contributed by atoms with Crippen LogP contribution in [0.2, 0.25) is 0 Å². The summed E-state index contributed by atoms with van der Waals surface area (Å²) in [5.41, 5.74) is 3.17. The number of nitrogens with one attached hydrogen (secondary N) is 1. The minimum Gasteiger partial charge on any atom is -0.490 e. The summed E-state index contributed by atoms with van der Waals surface area (Å²) < 4.78 is 18.2. The second-order valence-corrected chi connectivity index (χ2v) is 6.93. The third-order valence-electron chi connectivity index (χ3n) is 4.76. The molecule has 1 N–H and O–H groups in total. The van der Waals surface area contributed by atoms with E-state index in [1.165, 1.54) is 0 Å². The van der Waals surface area contributed by atoms with Crippen LogP contribution in [0.25, 0.3) is 16.7 Å². The van der Waals surface area contributed by atoms with Gasteiger partial charge in [-0.1, -0.05) is 6.07 Å². The number of amides is 1. The van der Waals surface area contributed by atoms with E-state index in [1.807, 2.05) is 47.0 Å². The molecule has 0 fully saturated rings. The molecule has 0 aliphatic carbocycles. The van der Waals surface area contributed by atoms with Gasteiger partial charge in [0.2, 0.25) is 5.88 Å². The van der Waals surface area contributed by atoms with Gasteiger partial charge in [0.25, 0.3) is 5.91 Å². The molecule has 0 saturated heterocycles. The molecular weight excluding hydrogens is 408 g/mol. The summed E-state index contributed by atoms with van der Waals surface area (Å²) in [6.45, 7) is 1.76. The lowest BCUT2D eigenvalue weighted by molar-refractivity contribution is 0.0937. The molecular formula is C24H24N4O4. The fourth-order valence-corrected chi connectivity index (χ4v) is 3.17. The highest BCUT2D eigenvalue weighted by atomic mass is 16.5. The standard InChI is InChI=1S/C24H24N4O4/c1-30-13-12-26-24(29)18-5-10-22-21(16-18)27-17-28(22)19-6-8-20(9-7-19)31-14-15-32-23-4-2-3-11-25-23/h2-11,16-17H,12-15H2,1H3,(H,26,29). The van der Waals surface area contributed by atoms with Crippen molar-refractivity contribution in [3.05, 3.63) is 78.8 Å². The number of imidazole rings is 1. The maximum atomic E-state index is 12.2. The van der Waals surface area contributed by atoms with Gasteiger partial charge in [-0.3, -0.25) is 9.36 Å². The highest BCUT2D eigenvalue weighted by molar-refractivity contribution is 5.97. The maximum absolute atomic E-state index is 12.2. The first-order valence-corrected chi connectivity index (χ1v) is 10.3. The minimum absolute atomic E-state index is 0.146. The molecule has 0 unspecified atom stereocenters. The van der Waals surface area contributed by atoms with Crippen molar-refractivity contribution in [3.8, 4) is 17.3 Å². The van der Waals surface area contributed by atoms with Gasteiger partial charge in [0.1, 0.15) is 25.3 Å². The fraction of sp³-hybridized carbons (Fsp3) is 0.208. The van der Waals surface area contributed by atoms with Gasteiger partial charge in [0.15, 0.2) is 0 Å². The van der Waals surface area contributed by atoms with E-state index in [2.05, 4.69) is 15.3 Å². The van der Waals surface area contributed by atoms with Crippen LogP contribution in [0.15, 0.2) is 73.2 Å².